The smallest absolute Gasteiger partial charge is 0.308 e. The summed E-state index contributed by atoms with van der Waals surface area (Å²) in [5.41, 5.74) is 0. The van der Waals surface area contributed by atoms with E-state index in [-0.39, 0.29) is 24.3 Å². The molecule has 21 heavy (non-hydrogen) atoms. The highest BCUT2D eigenvalue weighted by molar-refractivity contribution is 7.99. The predicted octanol–water partition coefficient (Wildman–Crippen LogP) is 1.16. The zero-order valence-corrected chi connectivity index (χ0v) is 13.6. The largest absolute Gasteiger partial charge is 0.481 e. The summed E-state index contributed by atoms with van der Waals surface area (Å²) in [4.78, 5) is 36.7. The maximum atomic E-state index is 12.2. The van der Waals surface area contributed by atoms with Gasteiger partial charge in [-0.3, -0.25) is 14.4 Å². The highest BCUT2D eigenvalue weighted by Gasteiger charge is 2.34. The number of aliphatic carboxylic acids is 1. The van der Waals surface area contributed by atoms with Crippen molar-refractivity contribution in [3.05, 3.63) is 0 Å². The maximum absolute atomic E-state index is 12.2. The van der Waals surface area contributed by atoms with Crippen molar-refractivity contribution < 1.29 is 19.5 Å². The standard InChI is InChI=1S/C14H24N2O4S/c1-4-12(17)16-8-21-7-11(16)13(18)15-6-10(14(19)20)5-9(2)3/h9-11H,4-8H2,1-3H3,(H,15,18)(H,19,20). The SMILES string of the molecule is CCC(=O)N1CSCC1C(=O)NCC(CC(C)C)C(=O)O. The first-order valence-electron chi connectivity index (χ1n) is 7.24. The van der Waals surface area contributed by atoms with E-state index in [0.717, 1.165) is 0 Å². The maximum Gasteiger partial charge on any atom is 0.308 e. The van der Waals surface area contributed by atoms with Crippen molar-refractivity contribution in [3.63, 3.8) is 0 Å². The molecule has 0 radical (unpaired) electrons. The third-order valence-corrected chi connectivity index (χ3v) is 4.45. The Labute approximate surface area is 129 Å². The van der Waals surface area contributed by atoms with Crippen LogP contribution in [0.5, 0.6) is 0 Å². The van der Waals surface area contributed by atoms with E-state index >= 15 is 0 Å². The molecule has 0 bridgehead atoms. The van der Waals surface area contributed by atoms with Gasteiger partial charge in [-0.2, -0.15) is 0 Å². The molecule has 2 unspecified atom stereocenters. The van der Waals surface area contributed by atoms with Crippen LogP contribution in [0.3, 0.4) is 0 Å². The molecule has 2 amide bonds. The Bertz CT molecular complexity index is 400. The number of nitrogens with one attached hydrogen (secondary N) is 1. The third-order valence-electron chi connectivity index (χ3n) is 3.44. The van der Waals surface area contributed by atoms with E-state index in [2.05, 4.69) is 5.32 Å². The average Bonchev–Trinajstić information content (AvgIpc) is 2.90. The lowest BCUT2D eigenvalue weighted by atomic mass is 9.97. The van der Waals surface area contributed by atoms with E-state index in [1.165, 1.54) is 0 Å². The van der Waals surface area contributed by atoms with E-state index in [1.54, 1.807) is 23.6 Å². The summed E-state index contributed by atoms with van der Waals surface area (Å²) >= 11 is 1.54. The van der Waals surface area contributed by atoms with Crippen molar-refractivity contribution in [1.29, 1.82) is 0 Å². The van der Waals surface area contributed by atoms with E-state index < -0.39 is 17.9 Å². The van der Waals surface area contributed by atoms with Crippen LogP contribution in [-0.2, 0) is 14.4 Å². The monoisotopic (exact) mass is 316 g/mol. The van der Waals surface area contributed by atoms with E-state index in [9.17, 15) is 14.4 Å². The molecule has 120 valence electrons. The molecule has 1 aliphatic rings. The number of carboxylic acids is 1. The molecule has 1 rings (SSSR count). The van der Waals surface area contributed by atoms with Crippen LogP contribution in [-0.4, -0.2) is 52.0 Å². The van der Waals surface area contributed by atoms with Gasteiger partial charge in [0.1, 0.15) is 6.04 Å². The van der Waals surface area contributed by atoms with Crippen LogP contribution in [0.4, 0.5) is 0 Å². The van der Waals surface area contributed by atoms with Gasteiger partial charge < -0.3 is 15.3 Å². The van der Waals surface area contributed by atoms with E-state index in [4.69, 9.17) is 5.11 Å². The van der Waals surface area contributed by atoms with Gasteiger partial charge in [-0.15, -0.1) is 11.8 Å². The molecule has 1 fully saturated rings. The molecule has 2 atom stereocenters. The lowest BCUT2D eigenvalue weighted by molar-refractivity contribution is -0.143. The molecule has 7 heteroatoms. The number of hydrogen-bond acceptors (Lipinski definition) is 4. The molecule has 0 aromatic carbocycles. The Morgan fingerprint density at radius 2 is 2.05 bits per heavy atom. The number of nitrogens with zero attached hydrogens (tertiary/aromatic N) is 1. The van der Waals surface area contributed by atoms with Gasteiger partial charge >= 0.3 is 5.97 Å². The summed E-state index contributed by atoms with van der Waals surface area (Å²) in [7, 11) is 0. The van der Waals surface area contributed by atoms with E-state index in [1.807, 2.05) is 13.8 Å². The van der Waals surface area contributed by atoms with Crippen LogP contribution >= 0.6 is 11.8 Å². The lowest BCUT2D eigenvalue weighted by Gasteiger charge is -2.23. The van der Waals surface area contributed by atoms with Crippen LogP contribution in [0.15, 0.2) is 0 Å². The minimum absolute atomic E-state index is 0.0443. The number of thioether (sulfide) groups is 1. The molecule has 0 spiro atoms. The number of carbonyl (C=O) groups excluding carboxylic acids is 2. The summed E-state index contributed by atoms with van der Waals surface area (Å²) in [6, 6.07) is -0.476. The van der Waals surface area contributed by atoms with Gasteiger partial charge in [-0.1, -0.05) is 20.8 Å². The van der Waals surface area contributed by atoms with Crippen LogP contribution < -0.4 is 5.32 Å². The second kappa shape index (κ2) is 8.26. The van der Waals surface area contributed by atoms with Crippen LogP contribution in [0, 0.1) is 11.8 Å². The topological polar surface area (TPSA) is 86.7 Å². The van der Waals surface area contributed by atoms with Crippen LogP contribution in [0.2, 0.25) is 0 Å². The molecule has 1 saturated heterocycles. The number of rotatable bonds is 7. The Morgan fingerprint density at radius 3 is 2.57 bits per heavy atom. The second-order valence-electron chi connectivity index (χ2n) is 5.64. The van der Waals surface area contributed by atoms with Gasteiger partial charge in [0.25, 0.3) is 0 Å². The lowest BCUT2D eigenvalue weighted by Crippen LogP contribution is -2.48. The zero-order chi connectivity index (χ0) is 16.0. The minimum Gasteiger partial charge on any atom is -0.481 e. The highest BCUT2D eigenvalue weighted by atomic mass is 32.2. The number of amides is 2. The minimum atomic E-state index is -0.897. The first kappa shape index (κ1) is 17.8. The predicted molar refractivity (Wildman–Crippen MR) is 81.8 cm³/mol. The van der Waals surface area contributed by atoms with Crippen molar-refractivity contribution in [2.24, 2.45) is 11.8 Å². The van der Waals surface area contributed by atoms with Gasteiger partial charge in [0.2, 0.25) is 11.8 Å². The first-order valence-corrected chi connectivity index (χ1v) is 8.40. The van der Waals surface area contributed by atoms with E-state index in [0.29, 0.717) is 24.5 Å². The molecule has 0 saturated carbocycles. The van der Waals surface area contributed by atoms with Crippen molar-refractivity contribution in [3.8, 4) is 0 Å². The Kier molecular flexibility index (Phi) is 7.01. The number of carboxylic acid groups (broad SMARTS) is 1. The molecule has 1 heterocycles. The fourth-order valence-corrected chi connectivity index (χ4v) is 3.47. The quantitative estimate of drug-likeness (QED) is 0.736. The Balaban J connectivity index is 2.55. The number of hydrogen-bond donors (Lipinski definition) is 2. The molecule has 2 N–H and O–H groups in total. The second-order valence-corrected chi connectivity index (χ2v) is 6.64. The molecular weight excluding hydrogens is 292 g/mol. The average molecular weight is 316 g/mol. The summed E-state index contributed by atoms with van der Waals surface area (Å²) in [5, 5.41) is 11.9. The van der Waals surface area contributed by atoms with Gasteiger partial charge in [-0.25, -0.2) is 0 Å². The van der Waals surface area contributed by atoms with Crippen molar-refractivity contribution in [2.75, 3.05) is 18.2 Å². The Morgan fingerprint density at radius 1 is 1.38 bits per heavy atom. The summed E-state index contributed by atoms with van der Waals surface area (Å²) < 4.78 is 0. The molecular formula is C14H24N2O4S. The van der Waals surface area contributed by atoms with Crippen molar-refractivity contribution in [1.82, 2.24) is 10.2 Å². The Hall–Kier alpha value is -1.24. The third kappa shape index (κ3) is 5.22. The molecule has 1 aliphatic heterocycles. The van der Waals surface area contributed by atoms with Gasteiger partial charge in [0.05, 0.1) is 11.8 Å². The van der Waals surface area contributed by atoms with Crippen molar-refractivity contribution >= 4 is 29.5 Å². The highest BCUT2D eigenvalue weighted by Crippen LogP contribution is 2.22. The molecule has 6 nitrogen and oxygen atoms in total. The van der Waals surface area contributed by atoms with Crippen LogP contribution in [0.25, 0.3) is 0 Å². The summed E-state index contributed by atoms with van der Waals surface area (Å²) in [5.74, 6) is -0.430. The molecule has 0 aliphatic carbocycles. The number of carbonyl (C=O) groups is 3. The van der Waals surface area contributed by atoms with Crippen molar-refractivity contribution in [2.45, 2.75) is 39.7 Å². The van der Waals surface area contributed by atoms with Crippen LogP contribution in [0.1, 0.15) is 33.6 Å². The fourth-order valence-electron chi connectivity index (χ4n) is 2.29. The first-order chi connectivity index (χ1) is 9.86. The zero-order valence-electron chi connectivity index (χ0n) is 12.8. The summed E-state index contributed by atoms with van der Waals surface area (Å²) in [6.45, 7) is 5.78. The van der Waals surface area contributed by atoms with Gasteiger partial charge in [0, 0.05) is 18.7 Å². The van der Waals surface area contributed by atoms with Gasteiger partial charge in [0.15, 0.2) is 0 Å². The van der Waals surface area contributed by atoms with Gasteiger partial charge in [-0.05, 0) is 12.3 Å². The molecule has 0 aromatic rings. The summed E-state index contributed by atoms with van der Waals surface area (Å²) in [6.07, 6.45) is 0.891. The normalized spacial score (nSPS) is 19.6. The fraction of sp³-hybridized carbons (Fsp3) is 0.786. The molecule has 0 aromatic heterocycles.